The topological polar surface area (TPSA) is 129 Å². The number of pyridine rings is 1. The van der Waals surface area contributed by atoms with Crippen molar-refractivity contribution in [3.63, 3.8) is 0 Å². The summed E-state index contributed by atoms with van der Waals surface area (Å²) in [5.74, 6) is 0.106. The van der Waals surface area contributed by atoms with Crippen molar-refractivity contribution >= 4 is 34.2 Å². The number of nitrogens with one attached hydrogen (secondary N) is 1. The third-order valence-corrected chi connectivity index (χ3v) is 3.33. The van der Waals surface area contributed by atoms with Crippen LogP contribution < -0.4 is 16.8 Å². The van der Waals surface area contributed by atoms with Crippen molar-refractivity contribution < 1.29 is 9.53 Å². The van der Waals surface area contributed by atoms with Crippen LogP contribution in [0.15, 0.2) is 22.5 Å². The van der Waals surface area contributed by atoms with E-state index in [1.54, 1.807) is 11.4 Å². The maximum Gasteiger partial charge on any atom is 0.251 e. The summed E-state index contributed by atoms with van der Waals surface area (Å²) in [5.41, 5.74) is 12.9. The summed E-state index contributed by atoms with van der Waals surface area (Å²) in [7, 11) is 1.45. The highest BCUT2D eigenvalue weighted by Gasteiger charge is 2.11. The van der Waals surface area contributed by atoms with Crippen LogP contribution in [0.1, 0.15) is 5.56 Å². The Bertz CT molecular complexity index is 708. The normalized spacial score (nSPS) is 10.3. The second-order valence-electron chi connectivity index (χ2n) is 4.40. The lowest BCUT2D eigenvalue weighted by Crippen LogP contribution is -2.21. The number of aryl methyl sites for hydroxylation is 1. The molecule has 0 fully saturated rings. The summed E-state index contributed by atoms with van der Waals surface area (Å²) in [6.45, 7) is 1.87. The van der Waals surface area contributed by atoms with Crippen LogP contribution >= 0.6 is 11.3 Å². The molecule has 0 saturated carbocycles. The first-order valence-electron chi connectivity index (χ1n) is 6.31. The van der Waals surface area contributed by atoms with Gasteiger partial charge < -0.3 is 21.5 Å². The third kappa shape index (κ3) is 3.99. The van der Waals surface area contributed by atoms with E-state index in [-0.39, 0.29) is 18.5 Å². The first kappa shape index (κ1) is 15.9. The summed E-state index contributed by atoms with van der Waals surface area (Å²) in [5, 5.41) is 4.90. The molecule has 0 aliphatic carbocycles. The van der Waals surface area contributed by atoms with Gasteiger partial charge in [-0.1, -0.05) is 6.07 Å². The molecule has 2 aromatic rings. The zero-order chi connectivity index (χ0) is 16.1. The van der Waals surface area contributed by atoms with Crippen LogP contribution in [0.4, 0.5) is 10.9 Å². The smallest absolute Gasteiger partial charge is 0.251 e. The number of methoxy groups -OCH3 is 1. The molecule has 2 rings (SSSR count). The molecular weight excluding hydrogens is 304 g/mol. The number of nitrogens with zero attached hydrogens (tertiary/aromatic N) is 3. The van der Waals surface area contributed by atoms with Gasteiger partial charge in [-0.25, -0.2) is 9.97 Å². The lowest BCUT2D eigenvalue weighted by atomic mass is 10.2. The quantitative estimate of drug-likeness (QED) is 0.557. The van der Waals surface area contributed by atoms with Gasteiger partial charge in [0.25, 0.3) is 5.91 Å². The monoisotopic (exact) mass is 320 g/mol. The zero-order valence-corrected chi connectivity index (χ0v) is 13.0. The van der Waals surface area contributed by atoms with Crippen molar-refractivity contribution in [1.82, 2.24) is 9.97 Å². The maximum absolute atomic E-state index is 11.5. The maximum atomic E-state index is 11.5. The van der Waals surface area contributed by atoms with E-state index in [9.17, 15) is 4.79 Å². The van der Waals surface area contributed by atoms with Crippen LogP contribution in [-0.4, -0.2) is 35.6 Å². The fourth-order valence-corrected chi connectivity index (χ4v) is 2.39. The summed E-state index contributed by atoms with van der Waals surface area (Å²) in [4.78, 5) is 24.1. The highest BCUT2D eigenvalue weighted by Crippen LogP contribution is 2.28. The molecule has 5 N–H and O–H groups in total. The molecule has 0 spiro atoms. The Morgan fingerprint density at radius 1 is 1.41 bits per heavy atom. The van der Waals surface area contributed by atoms with Gasteiger partial charge in [-0.05, 0) is 18.6 Å². The number of ether oxygens (including phenoxy) is 1. The van der Waals surface area contributed by atoms with Crippen LogP contribution in [0.2, 0.25) is 0 Å². The SMILES string of the molecule is COCC(=O)Nc1ccc(C)c(-c2csc(N=C(N)N)n2)n1. The molecule has 0 radical (unpaired) electrons. The second kappa shape index (κ2) is 6.96. The Kier molecular flexibility index (Phi) is 5.02. The summed E-state index contributed by atoms with van der Waals surface area (Å²) in [6.07, 6.45) is 0. The van der Waals surface area contributed by atoms with Crippen molar-refractivity contribution in [3.05, 3.63) is 23.1 Å². The largest absolute Gasteiger partial charge is 0.375 e. The van der Waals surface area contributed by atoms with Gasteiger partial charge in [0.15, 0.2) is 5.96 Å². The molecule has 2 aromatic heterocycles. The Balaban J connectivity index is 2.28. The molecule has 0 saturated heterocycles. The van der Waals surface area contributed by atoms with E-state index >= 15 is 0 Å². The van der Waals surface area contributed by atoms with Crippen LogP contribution in [0.5, 0.6) is 0 Å². The fraction of sp³-hybridized carbons (Fsp3) is 0.231. The predicted octanol–water partition coefficient (Wildman–Crippen LogP) is 1.00. The average Bonchev–Trinajstić information content (AvgIpc) is 2.88. The van der Waals surface area contributed by atoms with Crippen molar-refractivity contribution in [2.24, 2.45) is 16.5 Å². The number of thiazole rings is 1. The van der Waals surface area contributed by atoms with Crippen molar-refractivity contribution in [2.75, 3.05) is 19.0 Å². The number of hydrogen-bond donors (Lipinski definition) is 3. The molecule has 0 aromatic carbocycles. The number of carbonyl (C=O) groups is 1. The number of aromatic nitrogens is 2. The van der Waals surface area contributed by atoms with Crippen LogP contribution in [-0.2, 0) is 9.53 Å². The van der Waals surface area contributed by atoms with Gasteiger partial charge in [0.1, 0.15) is 18.1 Å². The first-order valence-corrected chi connectivity index (χ1v) is 7.19. The van der Waals surface area contributed by atoms with Gasteiger partial charge in [-0.15, -0.1) is 11.3 Å². The lowest BCUT2D eigenvalue weighted by Gasteiger charge is -2.07. The fourth-order valence-electron chi connectivity index (χ4n) is 1.70. The molecule has 0 aliphatic heterocycles. The second-order valence-corrected chi connectivity index (χ2v) is 5.23. The van der Waals surface area contributed by atoms with E-state index in [2.05, 4.69) is 20.3 Å². The third-order valence-electron chi connectivity index (χ3n) is 2.60. The average molecular weight is 320 g/mol. The lowest BCUT2D eigenvalue weighted by molar-refractivity contribution is -0.119. The van der Waals surface area contributed by atoms with Crippen LogP contribution in [0.3, 0.4) is 0 Å². The van der Waals surface area contributed by atoms with Crippen LogP contribution in [0.25, 0.3) is 11.4 Å². The van der Waals surface area contributed by atoms with Crippen LogP contribution in [0, 0.1) is 6.92 Å². The zero-order valence-electron chi connectivity index (χ0n) is 12.2. The number of carbonyl (C=O) groups excluding carboxylic acids is 1. The summed E-state index contributed by atoms with van der Waals surface area (Å²) in [6, 6.07) is 3.57. The number of hydrogen-bond acceptors (Lipinski definition) is 6. The molecule has 0 unspecified atom stereocenters. The standard InChI is InChI=1S/C13H16N6O2S/c1-7-3-4-9(17-10(20)5-21-2)18-11(7)8-6-22-13(16-8)19-12(14)15/h3-4,6H,5H2,1-2H3,(H,17,18,20)(H4,14,15,16,19). The number of guanidine groups is 1. The summed E-state index contributed by atoms with van der Waals surface area (Å²) < 4.78 is 4.77. The minimum Gasteiger partial charge on any atom is -0.375 e. The molecule has 0 atom stereocenters. The minimum atomic E-state index is -0.274. The summed E-state index contributed by atoms with van der Waals surface area (Å²) >= 11 is 1.30. The van der Waals surface area contributed by atoms with Gasteiger partial charge in [0.05, 0.1) is 5.69 Å². The minimum absolute atomic E-state index is 0.0315. The van der Waals surface area contributed by atoms with E-state index in [0.717, 1.165) is 5.56 Å². The molecular formula is C13H16N6O2S. The Morgan fingerprint density at radius 3 is 2.86 bits per heavy atom. The van der Waals surface area contributed by atoms with Gasteiger partial charge in [-0.3, -0.25) is 4.79 Å². The van der Waals surface area contributed by atoms with Gasteiger partial charge in [0.2, 0.25) is 5.13 Å². The van der Waals surface area contributed by atoms with Gasteiger partial charge >= 0.3 is 0 Å². The molecule has 0 bridgehead atoms. The van der Waals surface area contributed by atoms with Crippen molar-refractivity contribution in [2.45, 2.75) is 6.92 Å². The van der Waals surface area contributed by atoms with Crippen molar-refractivity contribution in [1.29, 1.82) is 0 Å². The Labute approximate surface area is 131 Å². The highest BCUT2D eigenvalue weighted by atomic mass is 32.1. The molecule has 0 aliphatic rings. The molecule has 8 nitrogen and oxygen atoms in total. The van der Waals surface area contributed by atoms with E-state index < -0.39 is 0 Å². The van der Waals surface area contributed by atoms with Gasteiger partial charge in [-0.2, -0.15) is 4.99 Å². The molecule has 9 heteroatoms. The van der Waals surface area contributed by atoms with E-state index in [0.29, 0.717) is 22.3 Å². The first-order chi connectivity index (χ1) is 10.5. The van der Waals surface area contributed by atoms with Gasteiger partial charge in [0, 0.05) is 12.5 Å². The molecule has 116 valence electrons. The highest BCUT2D eigenvalue weighted by molar-refractivity contribution is 7.13. The molecule has 1 amide bonds. The Morgan fingerprint density at radius 2 is 2.18 bits per heavy atom. The van der Waals surface area contributed by atoms with E-state index in [1.165, 1.54) is 18.4 Å². The molecule has 2 heterocycles. The number of rotatable bonds is 5. The predicted molar refractivity (Wildman–Crippen MR) is 86.1 cm³/mol. The Hall–Kier alpha value is -2.52. The molecule has 22 heavy (non-hydrogen) atoms. The van der Waals surface area contributed by atoms with Crippen molar-refractivity contribution in [3.8, 4) is 11.4 Å². The number of amides is 1. The number of anilines is 1. The number of aliphatic imine (C=N–C) groups is 1. The van der Waals surface area contributed by atoms with E-state index in [1.807, 2.05) is 13.0 Å². The van der Waals surface area contributed by atoms with E-state index in [4.69, 9.17) is 16.2 Å². The number of nitrogens with two attached hydrogens (primary N) is 2.